The summed E-state index contributed by atoms with van der Waals surface area (Å²) in [5.74, 6) is -0.439. The smallest absolute Gasteiger partial charge is 0.240 e. The standard InChI is InChI=1S/C14H17FN2O2S/c1-11-9-13(15)3-4-14(11)20(18,19)16-7-5-12-6-8-17(2)10-12/h3-4,6,8-10,16H,5,7H2,1-2H3. The van der Waals surface area contributed by atoms with E-state index in [-0.39, 0.29) is 4.90 Å². The Bertz CT molecular complexity index is 708. The molecule has 0 atom stereocenters. The fourth-order valence-electron chi connectivity index (χ4n) is 2.03. The van der Waals surface area contributed by atoms with Crippen molar-refractivity contribution >= 4 is 10.0 Å². The first-order valence-electron chi connectivity index (χ1n) is 6.25. The quantitative estimate of drug-likeness (QED) is 0.917. The lowest BCUT2D eigenvalue weighted by Gasteiger charge is -2.09. The second kappa shape index (κ2) is 5.76. The van der Waals surface area contributed by atoms with Crippen LogP contribution < -0.4 is 4.72 Å². The lowest BCUT2D eigenvalue weighted by molar-refractivity contribution is 0.580. The third-order valence-corrected chi connectivity index (χ3v) is 4.65. The van der Waals surface area contributed by atoms with Gasteiger partial charge in [-0.05, 0) is 48.7 Å². The third-order valence-electron chi connectivity index (χ3n) is 3.03. The van der Waals surface area contributed by atoms with E-state index in [0.717, 1.165) is 11.6 Å². The minimum atomic E-state index is -3.59. The van der Waals surface area contributed by atoms with Gasteiger partial charge in [-0.25, -0.2) is 17.5 Å². The van der Waals surface area contributed by atoms with E-state index in [1.807, 2.05) is 30.1 Å². The predicted octanol–water partition coefficient (Wildman–Crippen LogP) is 1.99. The Kier molecular flexibility index (Phi) is 4.25. The molecule has 1 aromatic carbocycles. The lowest BCUT2D eigenvalue weighted by atomic mass is 10.2. The number of sulfonamides is 1. The molecule has 0 unspecified atom stereocenters. The van der Waals surface area contributed by atoms with Crippen molar-refractivity contribution in [1.29, 1.82) is 0 Å². The first-order chi connectivity index (χ1) is 9.38. The molecule has 0 aliphatic rings. The molecule has 0 saturated heterocycles. The molecule has 0 amide bonds. The van der Waals surface area contributed by atoms with Crippen LogP contribution in [0.4, 0.5) is 4.39 Å². The summed E-state index contributed by atoms with van der Waals surface area (Å²) in [4.78, 5) is 0.118. The number of halogens is 1. The zero-order chi connectivity index (χ0) is 14.8. The van der Waals surface area contributed by atoms with Gasteiger partial charge in [-0.2, -0.15) is 0 Å². The first-order valence-corrected chi connectivity index (χ1v) is 7.73. The number of hydrogen-bond acceptors (Lipinski definition) is 2. The average molecular weight is 296 g/mol. The number of aromatic nitrogens is 1. The molecule has 0 radical (unpaired) electrons. The van der Waals surface area contributed by atoms with Crippen LogP contribution in [-0.2, 0) is 23.5 Å². The Balaban J connectivity index is 2.04. The Morgan fingerprint density at radius 3 is 2.65 bits per heavy atom. The molecule has 6 heteroatoms. The number of nitrogens with zero attached hydrogens (tertiary/aromatic N) is 1. The van der Waals surface area contributed by atoms with Gasteiger partial charge in [0.05, 0.1) is 4.90 Å². The zero-order valence-electron chi connectivity index (χ0n) is 11.4. The molecule has 1 heterocycles. The molecular weight excluding hydrogens is 279 g/mol. The molecular formula is C14H17FN2O2S. The molecule has 4 nitrogen and oxygen atoms in total. The molecule has 1 aromatic heterocycles. The normalized spacial score (nSPS) is 11.8. The zero-order valence-corrected chi connectivity index (χ0v) is 12.2. The van der Waals surface area contributed by atoms with E-state index in [1.165, 1.54) is 12.1 Å². The van der Waals surface area contributed by atoms with Gasteiger partial charge in [0.1, 0.15) is 5.82 Å². The molecule has 0 fully saturated rings. The second-order valence-electron chi connectivity index (χ2n) is 4.74. The van der Waals surface area contributed by atoms with Crippen LogP contribution in [0.5, 0.6) is 0 Å². The van der Waals surface area contributed by atoms with Crippen molar-refractivity contribution in [2.75, 3.05) is 6.54 Å². The monoisotopic (exact) mass is 296 g/mol. The number of nitrogens with one attached hydrogen (secondary N) is 1. The van der Waals surface area contributed by atoms with Crippen LogP contribution in [0.2, 0.25) is 0 Å². The van der Waals surface area contributed by atoms with Crippen molar-refractivity contribution in [3.05, 3.63) is 53.6 Å². The second-order valence-corrected chi connectivity index (χ2v) is 6.48. The van der Waals surface area contributed by atoms with E-state index >= 15 is 0 Å². The molecule has 20 heavy (non-hydrogen) atoms. The van der Waals surface area contributed by atoms with Gasteiger partial charge >= 0.3 is 0 Å². The van der Waals surface area contributed by atoms with Crippen molar-refractivity contribution in [1.82, 2.24) is 9.29 Å². The average Bonchev–Trinajstić information content (AvgIpc) is 2.74. The van der Waals surface area contributed by atoms with Crippen molar-refractivity contribution < 1.29 is 12.8 Å². The summed E-state index contributed by atoms with van der Waals surface area (Å²) in [6.45, 7) is 1.89. The van der Waals surface area contributed by atoms with Crippen molar-refractivity contribution in [3.8, 4) is 0 Å². The Labute approximate surface area is 118 Å². The summed E-state index contributed by atoms with van der Waals surface area (Å²) in [6.07, 6.45) is 4.46. The summed E-state index contributed by atoms with van der Waals surface area (Å²) in [5.41, 5.74) is 1.46. The highest BCUT2D eigenvalue weighted by molar-refractivity contribution is 7.89. The van der Waals surface area contributed by atoms with Gasteiger partial charge in [-0.1, -0.05) is 0 Å². The van der Waals surface area contributed by atoms with Gasteiger partial charge in [0, 0.05) is 26.0 Å². The van der Waals surface area contributed by atoms with Gasteiger partial charge in [0.15, 0.2) is 0 Å². The van der Waals surface area contributed by atoms with E-state index in [1.54, 1.807) is 6.92 Å². The highest BCUT2D eigenvalue weighted by Crippen LogP contribution is 2.15. The third kappa shape index (κ3) is 3.46. The van der Waals surface area contributed by atoms with Crippen molar-refractivity contribution in [2.45, 2.75) is 18.2 Å². The summed E-state index contributed by atoms with van der Waals surface area (Å²) >= 11 is 0. The largest absolute Gasteiger partial charge is 0.357 e. The van der Waals surface area contributed by atoms with E-state index in [9.17, 15) is 12.8 Å². The summed E-state index contributed by atoms with van der Waals surface area (Å²) in [6, 6.07) is 5.59. The minimum Gasteiger partial charge on any atom is -0.357 e. The van der Waals surface area contributed by atoms with Crippen LogP contribution >= 0.6 is 0 Å². The fraction of sp³-hybridized carbons (Fsp3) is 0.286. The van der Waals surface area contributed by atoms with E-state index in [2.05, 4.69) is 4.72 Å². The van der Waals surface area contributed by atoms with Gasteiger partial charge in [0.25, 0.3) is 0 Å². The Morgan fingerprint density at radius 1 is 1.30 bits per heavy atom. The van der Waals surface area contributed by atoms with E-state index in [0.29, 0.717) is 18.5 Å². The van der Waals surface area contributed by atoms with E-state index in [4.69, 9.17) is 0 Å². The maximum absolute atomic E-state index is 13.0. The van der Waals surface area contributed by atoms with Gasteiger partial charge < -0.3 is 4.57 Å². The maximum atomic E-state index is 13.0. The van der Waals surface area contributed by atoms with Crippen molar-refractivity contribution in [3.63, 3.8) is 0 Å². The highest BCUT2D eigenvalue weighted by Gasteiger charge is 2.16. The van der Waals surface area contributed by atoms with Crippen LogP contribution in [0, 0.1) is 12.7 Å². The summed E-state index contributed by atoms with van der Waals surface area (Å²) in [7, 11) is -1.68. The van der Waals surface area contributed by atoms with Crippen LogP contribution in [0.25, 0.3) is 0 Å². The van der Waals surface area contributed by atoms with Crippen molar-refractivity contribution in [2.24, 2.45) is 7.05 Å². The van der Waals surface area contributed by atoms with Crippen LogP contribution in [0.3, 0.4) is 0 Å². The molecule has 108 valence electrons. The predicted molar refractivity (Wildman–Crippen MR) is 75.4 cm³/mol. The minimum absolute atomic E-state index is 0.118. The highest BCUT2D eigenvalue weighted by atomic mass is 32.2. The Hall–Kier alpha value is -1.66. The summed E-state index contributed by atoms with van der Waals surface area (Å²) < 4.78 is 41.7. The van der Waals surface area contributed by atoms with Crippen LogP contribution in [0.15, 0.2) is 41.6 Å². The molecule has 0 spiro atoms. The first kappa shape index (κ1) is 14.7. The fourth-order valence-corrected chi connectivity index (χ4v) is 3.29. The number of rotatable bonds is 5. The number of aryl methyl sites for hydroxylation is 2. The van der Waals surface area contributed by atoms with Crippen LogP contribution in [-0.4, -0.2) is 19.5 Å². The maximum Gasteiger partial charge on any atom is 0.240 e. The molecule has 0 saturated carbocycles. The molecule has 2 rings (SSSR count). The van der Waals surface area contributed by atoms with Gasteiger partial charge in [0.2, 0.25) is 10.0 Å². The van der Waals surface area contributed by atoms with Gasteiger partial charge in [-0.3, -0.25) is 0 Å². The van der Waals surface area contributed by atoms with E-state index < -0.39 is 15.8 Å². The molecule has 1 N–H and O–H groups in total. The molecule has 0 bridgehead atoms. The topological polar surface area (TPSA) is 51.1 Å². The van der Waals surface area contributed by atoms with Crippen LogP contribution in [0.1, 0.15) is 11.1 Å². The number of hydrogen-bond donors (Lipinski definition) is 1. The Morgan fingerprint density at radius 2 is 2.05 bits per heavy atom. The molecule has 2 aromatic rings. The SMILES string of the molecule is Cc1cc(F)ccc1S(=O)(=O)NCCc1ccn(C)c1. The van der Waals surface area contributed by atoms with Gasteiger partial charge in [-0.15, -0.1) is 0 Å². The summed E-state index contributed by atoms with van der Waals surface area (Å²) in [5, 5.41) is 0. The molecule has 0 aliphatic heterocycles. The molecule has 0 aliphatic carbocycles. The number of benzene rings is 1. The lowest BCUT2D eigenvalue weighted by Crippen LogP contribution is -2.26.